The Morgan fingerprint density at radius 3 is 2.48 bits per heavy atom. The first-order valence-corrected chi connectivity index (χ1v) is 7.44. The van der Waals surface area contributed by atoms with Gasteiger partial charge in [0.1, 0.15) is 6.61 Å². The fourth-order valence-corrected chi connectivity index (χ4v) is 2.01. The van der Waals surface area contributed by atoms with Crippen LogP contribution in [0.25, 0.3) is 0 Å². The Labute approximate surface area is 125 Å². The van der Waals surface area contributed by atoms with Crippen LogP contribution >= 0.6 is 0 Å². The van der Waals surface area contributed by atoms with Crippen LogP contribution in [0.15, 0.2) is 24.3 Å². The number of hydrogen-bond donors (Lipinski definition) is 0. The van der Waals surface area contributed by atoms with E-state index in [9.17, 15) is 14.9 Å². The van der Waals surface area contributed by atoms with Crippen molar-refractivity contribution in [3.05, 3.63) is 39.9 Å². The van der Waals surface area contributed by atoms with Crippen molar-refractivity contribution >= 4 is 11.7 Å². The molecule has 0 aliphatic carbocycles. The molecule has 0 saturated heterocycles. The highest BCUT2D eigenvalue weighted by molar-refractivity contribution is 5.71. The minimum absolute atomic E-state index is 0.0365. The molecule has 0 N–H and O–H groups in total. The molecule has 5 nitrogen and oxygen atoms in total. The minimum Gasteiger partial charge on any atom is -0.461 e. The zero-order chi connectivity index (χ0) is 15.7. The fraction of sp³-hybridized carbons (Fsp3) is 0.562. The van der Waals surface area contributed by atoms with E-state index in [1.54, 1.807) is 12.1 Å². The summed E-state index contributed by atoms with van der Waals surface area (Å²) in [7, 11) is 0. The normalized spacial score (nSPS) is 11.9. The summed E-state index contributed by atoms with van der Waals surface area (Å²) in [6.07, 6.45) is 5.42. The summed E-state index contributed by atoms with van der Waals surface area (Å²) in [5.41, 5.74) is 0.793. The molecule has 5 heteroatoms. The molecule has 0 aliphatic rings. The van der Waals surface area contributed by atoms with Crippen molar-refractivity contribution in [1.29, 1.82) is 0 Å². The predicted molar refractivity (Wildman–Crippen MR) is 80.8 cm³/mol. The second kappa shape index (κ2) is 9.10. The number of ether oxygens (including phenoxy) is 1. The number of nitrogens with zero attached hydrogens (tertiary/aromatic N) is 1. The molecule has 0 radical (unpaired) electrons. The van der Waals surface area contributed by atoms with Gasteiger partial charge in [-0.05, 0) is 24.1 Å². The SMILES string of the molecule is CCCCCCC(C)C(=O)OCc1ccc([N+](=O)[O-])cc1. The second-order valence-electron chi connectivity index (χ2n) is 5.28. The van der Waals surface area contributed by atoms with Gasteiger partial charge in [-0.15, -0.1) is 0 Å². The van der Waals surface area contributed by atoms with E-state index >= 15 is 0 Å². The maximum atomic E-state index is 11.8. The van der Waals surface area contributed by atoms with Crippen LogP contribution in [0.3, 0.4) is 0 Å². The van der Waals surface area contributed by atoms with E-state index in [0.717, 1.165) is 24.8 Å². The molecular formula is C16H23NO4. The molecule has 116 valence electrons. The van der Waals surface area contributed by atoms with E-state index in [4.69, 9.17) is 4.74 Å². The first kappa shape index (κ1) is 17.1. The quantitative estimate of drug-likeness (QED) is 0.295. The van der Waals surface area contributed by atoms with Crippen LogP contribution < -0.4 is 0 Å². The van der Waals surface area contributed by atoms with Crippen molar-refractivity contribution in [1.82, 2.24) is 0 Å². The van der Waals surface area contributed by atoms with Gasteiger partial charge in [-0.1, -0.05) is 39.5 Å². The molecule has 0 spiro atoms. The highest BCUT2D eigenvalue weighted by Crippen LogP contribution is 2.15. The van der Waals surface area contributed by atoms with Crippen LogP contribution in [0, 0.1) is 16.0 Å². The summed E-state index contributed by atoms with van der Waals surface area (Å²) in [6.45, 7) is 4.20. The lowest BCUT2D eigenvalue weighted by Crippen LogP contribution is -2.14. The van der Waals surface area contributed by atoms with Gasteiger partial charge >= 0.3 is 5.97 Å². The summed E-state index contributed by atoms with van der Waals surface area (Å²) < 4.78 is 5.24. The monoisotopic (exact) mass is 293 g/mol. The van der Waals surface area contributed by atoms with E-state index in [2.05, 4.69) is 6.92 Å². The van der Waals surface area contributed by atoms with E-state index in [1.807, 2.05) is 6.92 Å². The number of nitro groups is 1. The Bertz CT molecular complexity index is 456. The van der Waals surface area contributed by atoms with Crippen LogP contribution in [0.4, 0.5) is 5.69 Å². The number of benzene rings is 1. The Kier molecular flexibility index (Phi) is 7.43. The Morgan fingerprint density at radius 1 is 1.24 bits per heavy atom. The molecule has 1 unspecified atom stereocenters. The van der Waals surface area contributed by atoms with Crippen molar-refractivity contribution in [2.45, 2.75) is 52.6 Å². The van der Waals surface area contributed by atoms with Gasteiger partial charge < -0.3 is 4.74 Å². The average Bonchev–Trinajstić information content (AvgIpc) is 2.49. The maximum Gasteiger partial charge on any atom is 0.308 e. The number of non-ortho nitro benzene ring substituents is 1. The molecule has 1 rings (SSSR count). The van der Waals surface area contributed by atoms with Crippen molar-refractivity contribution in [2.24, 2.45) is 5.92 Å². The third kappa shape index (κ3) is 6.38. The van der Waals surface area contributed by atoms with E-state index in [1.165, 1.54) is 25.0 Å². The maximum absolute atomic E-state index is 11.8. The van der Waals surface area contributed by atoms with Gasteiger partial charge in [0.05, 0.1) is 10.8 Å². The molecule has 1 atom stereocenters. The van der Waals surface area contributed by atoms with Gasteiger partial charge in [0, 0.05) is 12.1 Å². The van der Waals surface area contributed by atoms with Crippen LogP contribution in [0.1, 0.15) is 51.5 Å². The third-order valence-corrected chi connectivity index (χ3v) is 3.42. The highest BCUT2D eigenvalue weighted by atomic mass is 16.6. The average molecular weight is 293 g/mol. The van der Waals surface area contributed by atoms with E-state index in [0.29, 0.717) is 0 Å². The van der Waals surface area contributed by atoms with Crippen LogP contribution in [0.2, 0.25) is 0 Å². The molecule has 0 aliphatic heterocycles. The van der Waals surface area contributed by atoms with E-state index < -0.39 is 4.92 Å². The zero-order valence-corrected chi connectivity index (χ0v) is 12.7. The molecular weight excluding hydrogens is 270 g/mol. The first-order valence-electron chi connectivity index (χ1n) is 7.44. The number of nitro benzene ring substituents is 1. The van der Waals surface area contributed by atoms with E-state index in [-0.39, 0.29) is 24.2 Å². The van der Waals surface area contributed by atoms with Crippen molar-refractivity contribution < 1.29 is 14.5 Å². The molecule has 0 heterocycles. The van der Waals surface area contributed by atoms with Gasteiger partial charge in [-0.2, -0.15) is 0 Å². The van der Waals surface area contributed by atoms with Gasteiger partial charge in [0.25, 0.3) is 5.69 Å². The van der Waals surface area contributed by atoms with Crippen molar-refractivity contribution in [3.8, 4) is 0 Å². The third-order valence-electron chi connectivity index (χ3n) is 3.42. The Hall–Kier alpha value is -1.91. The number of rotatable bonds is 9. The molecule has 0 fully saturated rings. The summed E-state index contributed by atoms with van der Waals surface area (Å²) in [5, 5.41) is 10.5. The molecule has 21 heavy (non-hydrogen) atoms. The predicted octanol–water partition coefficient (Wildman–Crippen LogP) is 4.24. The molecule has 1 aromatic carbocycles. The van der Waals surface area contributed by atoms with Gasteiger partial charge in [0.15, 0.2) is 0 Å². The molecule has 0 aromatic heterocycles. The smallest absolute Gasteiger partial charge is 0.308 e. The molecule has 0 bridgehead atoms. The standard InChI is InChI=1S/C16H23NO4/c1-3-4-5-6-7-13(2)16(18)21-12-14-8-10-15(11-9-14)17(19)20/h8-11,13H,3-7,12H2,1-2H3. The van der Waals surface area contributed by atoms with Crippen LogP contribution in [-0.2, 0) is 16.1 Å². The van der Waals surface area contributed by atoms with Gasteiger partial charge in [0.2, 0.25) is 0 Å². The van der Waals surface area contributed by atoms with Gasteiger partial charge in [-0.25, -0.2) is 0 Å². The highest BCUT2D eigenvalue weighted by Gasteiger charge is 2.14. The lowest BCUT2D eigenvalue weighted by atomic mass is 10.0. The number of esters is 1. The Balaban J connectivity index is 2.33. The lowest BCUT2D eigenvalue weighted by molar-refractivity contribution is -0.384. The number of unbranched alkanes of at least 4 members (excludes halogenated alkanes) is 3. The minimum atomic E-state index is -0.450. The van der Waals surface area contributed by atoms with Crippen molar-refractivity contribution in [3.63, 3.8) is 0 Å². The topological polar surface area (TPSA) is 69.4 Å². The number of carbonyl (C=O) groups is 1. The molecule has 0 amide bonds. The fourth-order valence-electron chi connectivity index (χ4n) is 2.01. The second-order valence-corrected chi connectivity index (χ2v) is 5.28. The molecule has 1 aromatic rings. The van der Waals surface area contributed by atoms with Gasteiger partial charge in [-0.3, -0.25) is 14.9 Å². The zero-order valence-electron chi connectivity index (χ0n) is 12.7. The summed E-state index contributed by atoms with van der Waals surface area (Å²) >= 11 is 0. The first-order chi connectivity index (χ1) is 10.0. The summed E-state index contributed by atoms with van der Waals surface area (Å²) in [4.78, 5) is 21.9. The largest absolute Gasteiger partial charge is 0.461 e. The number of hydrogen-bond acceptors (Lipinski definition) is 4. The Morgan fingerprint density at radius 2 is 1.90 bits per heavy atom. The molecule has 0 saturated carbocycles. The summed E-state index contributed by atoms with van der Waals surface area (Å²) in [5.74, 6) is -0.301. The van der Waals surface area contributed by atoms with Crippen LogP contribution in [-0.4, -0.2) is 10.9 Å². The summed E-state index contributed by atoms with van der Waals surface area (Å²) in [6, 6.07) is 6.04. The number of carbonyl (C=O) groups excluding carboxylic acids is 1. The lowest BCUT2D eigenvalue weighted by Gasteiger charge is -2.11. The van der Waals surface area contributed by atoms with Crippen LogP contribution in [0.5, 0.6) is 0 Å². The van der Waals surface area contributed by atoms with Crippen molar-refractivity contribution in [2.75, 3.05) is 0 Å².